The molecule has 2 aromatic rings. The summed E-state index contributed by atoms with van der Waals surface area (Å²) < 4.78 is 13.9. The van der Waals surface area contributed by atoms with Crippen molar-refractivity contribution in [3.63, 3.8) is 0 Å². The maximum atomic E-state index is 13.4. The Kier molecular flexibility index (Phi) is 4.70. The quantitative estimate of drug-likeness (QED) is 0.514. The topological polar surface area (TPSA) is 0 Å². The fourth-order valence-corrected chi connectivity index (χ4v) is 3.33. The molecule has 0 spiro atoms. The van der Waals surface area contributed by atoms with Gasteiger partial charge in [0.05, 0.1) is 9.30 Å². The van der Waals surface area contributed by atoms with Gasteiger partial charge in [0.2, 0.25) is 0 Å². The fraction of sp³-hybridized carbons (Fsp3) is 0.294. The molecule has 0 saturated carbocycles. The zero-order valence-corrected chi connectivity index (χ0v) is 14.9. The van der Waals surface area contributed by atoms with E-state index in [9.17, 15) is 4.39 Å². The van der Waals surface area contributed by atoms with Crippen LogP contribution in [0, 0.1) is 5.82 Å². The molecule has 0 saturated heterocycles. The first-order chi connectivity index (χ1) is 9.30. The Morgan fingerprint density at radius 1 is 1.05 bits per heavy atom. The van der Waals surface area contributed by atoms with E-state index in [0.29, 0.717) is 4.47 Å². The highest BCUT2D eigenvalue weighted by atomic mass is 79.9. The number of rotatable bonds is 2. The molecule has 20 heavy (non-hydrogen) atoms. The summed E-state index contributed by atoms with van der Waals surface area (Å²) in [5, 5.41) is 0. The van der Waals surface area contributed by atoms with Crippen molar-refractivity contribution < 1.29 is 4.39 Å². The molecular weight excluding hydrogens is 383 g/mol. The molecule has 0 N–H and O–H groups in total. The summed E-state index contributed by atoms with van der Waals surface area (Å²) in [6.07, 6.45) is 0. The van der Waals surface area contributed by atoms with Crippen molar-refractivity contribution >= 4 is 31.9 Å². The molecule has 0 heterocycles. The Morgan fingerprint density at radius 3 is 2.30 bits per heavy atom. The Bertz CT molecular complexity index is 615. The smallest absolute Gasteiger partial charge is 0.137 e. The van der Waals surface area contributed by atoms with Crippen LogP contribution in [0.1, 0.15) is 42.3 Å². The zero-order valence-electron chi connectivity index (χ0n) is 11.8. The number of halogens is 3. The van der Waals surface area contributed by atoms with Crippen molar-refractivity contribution in [1.29, 1.82) is 0 Å². The van der Waals surface area contributed by atoms with E-state index < -0.39 is 0 Å². The Labute approximate surface area is 136 Å². The largest absolute Gasteiger partial charge is 0.206 e. The molecule has 1 atom stereocenters. The van der Waals surface area contributed by atoms with E-state index in [2.05, 4.69) is 70.8 Å². The summed E-state index contributed by atoms with van der Waals surface area (Å²) in [4.78, 5) is 0.0508. The van der Waals surface area contributed by atoms with Gasteiger partial charge < -0.3 is 0 Å². The van der Waals surface area contributed by atoms with E-state index in [0.717, 1.165) is 5.56 Å². The SMILES string of the molecule is CC(C)(C)c1ccccc1C(Br)c1ccc(F)c(Br)c1. The predicted octanol–water partition coefficient (Wildman–Crippen LogP) is 6.37. The third kappa shape index (κ3) is 3.32. The molecule has 0 fully saturated rings. The lowest BCUT2D eigenvalue weighted by Crippen LogP contribution is -2.15. The molecule has 0 aliphatic heterocycles. The molecule has 2 aromatic carbocycles. The first-order valence-corrected chi connectivity index (χ1v) is 8.20. The van der Waals surface area contributed by atoms with Gasteiger partial charge in [-0.1, -0.05) is 67.0 Å². The Hall–Kier alpha value is -0.670. The first kappa shape index (κ1) is 15.7. The van der Waals surface area contributed by atoms with E-state index in [1.54, 1.807) is 0 Å². The summed E-state index contributed by atoms with van der Waals surface area (Å²) >= 11 is 7.00. The fourth-order valence-electron chi connectivity index (χ4n) is 2.25. The average molecular weight is 400 g/mol. The maximum absolute atomic E-state index is 13.4. The van der Waals surface area contributed by atoms with Crippen molar-refractivity contribution in [1.82, 2.24) is 0 Å². The van der Waals surface area contributed by atoms with Gasteiger partial charge in [-0.25, -0.2) is 4.39 Å². The van der Waals surface area contributed by atoms with Crippen LogP contribution in [-0.2, 0) is 5.41 Å². The van der Waals surface area contributed by atoms with Crippen LogP contribution in [0.3, 0.4) is 0 Å². The lowest BCUT2D eigenvalue weighted by Gasteiger charge is -2.25. The summed E-state index contributed by atoms with van der Waals surface area (Å²) in [7, 11) is 0. The molecule has 106 valence electrons. The van der Waals surface area contributed by atoms with Crippen LogP contribution in [0.2, 0.25) is 0 Å². The van der Waals surface area contributed by atoms with Gasteiger partial charge in [0.15, 0.2) is 0 Å². The van der Waals surface area contributed by atoms with Crippen molar-refractivity contribution in [2.45, 2.75) is 31.0 Å². The van der Waals surface area contributed by atoms with Gasteiger partial charge in [-0.15, -0.1) is 0 Å². The second kappa shape index (κ2) is 5.98. The van der Waals surface area contributed by atoms with Crippen LogP contribution in [0.4, 0.5) is 4.39 Å². The molecule has 0 radical (unpaired) electrons. The molecule has 0 aliphatic rings. The summed E-state index contributed by atoms with van der Waals surface area (Å²) in [5.74, 6) is -0.238. The molecule has 0 aliphatic carbocycles. The predicted molar refractivity (Wildman–Crippen MR) is 90.0 cm³/mol. The van der Waals surface area contributed by atoms with Gasteiger partial charge in [0, 0.05) is 0 Å². The highest BCUT2D eigenvalue weighted by Gasteiger charge is 2.22. The normalized spacial score (nSPS) is 13.3. The van der Waals surface area contributed by atoms with E-state index >= 15 is 0 Å². The Morgan fingerprint density at radius 2 is 1.70 bits per heavy atom. The second-order valence-electron chi connectivity index (χ2n) is 5.87. The van der Waals surface area contributed by atoms with Crippen LogP contribution >= 0.6 is 31.9 Å². The van der Waals surface area contributed by atoms with Crippen LogP contribution in [0.25, 0.3) is 0 Å². The minimum absolute atomic E-state index is 0.0508. The van der Waals surface area contributed by atoms with E-state index in [4.69, 9.17) is 0 Å². The number of hydrogen-bond donors (Lipinski definition) is 0. The van der Waals surface area contributed by atoms with E-state index in [1.807, 2.05) is 18.2 Å². The Balaban J connectivity index is 2.48. The molecule has 0 amide bonds. The van der Waals surface area contributed by atoms with Crippen LogP contribution < -0.4 is 0 Å². The standard InChI is InChI=1S/C17H17Br2F/c1-17(2,3)13-7-5-4-6-12(13)16(19)11-8-9-15(20)14(18)10-11/h4-10,16H,1-3H3. The van der Waals surface area contributed by atoms with Crippen molar-refractivity contribution in [3.8, 4) is 0 Å². The lowest BCUT2D eigenvalue weighted by atomic mass is 9.82. The van der Waals surface area contributed by atoms with Crippen molar-refractivity contribution in [2.75, 3.05) is 0 Å². The van der Waals surface area contributed by atoms with Crippen LogP contribution in [0.15, 0.2) is 46.9 Å². The highest BCUT2D eigenvalue weighted by molar-refractivity contribution is 9.10. The van der Waals surface area contributed by atoms with Crippen molar-refractivity contribution in [3.05, 3.63) is 69.4 Å². The summed E-state index contributed by atoms with van der Waals surface area (Å²) in [6, 6.07) is 13.5. The van der Waals surface area contributed by atoms with Gasteiger partial charge in [-0.05, 0) is 50.2 Å². The minimum Gasteiger partial charge on any atom is -0.206 e. The van der Waals surface area contributed by atoms with Crippen molar-refractivity contribution in [2.24, 2.45) is 0 Å². The second-order valence-corrected chi connectivity index (χ2v) is 7.64. The van der Waals surface area contributed by atoms with Gasteiger partial charge in [0.1, 0.15) is 5.82 Å². The van der Waals surface area contributed by atoms with E-state index in [-0.39, 0.29) is 16.1 Å². The van der Waals surface area contributed by atoms with E-state index in [1.165, 1.54) is 17.2 Å². The maximum Gasteiger partial charge on any atom is 0.137 e. The first-order valence-electron chi connectivity index (χ1n) is 6.49. The minimum atomic E-state index is -0.238. The van der Waals surface area contributed by atoms with Gasteiger partial charge >= 0.3 is 0 Å². The van der Waals surface area contributed by atoms with Crippen LogP contribution in [0.5, 0.6) is 0 Å². The van der Waals surface area contributed by atoms with Gasteiger partial charge in [-0.3, -0.25) is 0 Å². The molecule has 0 bridgehead atoms. The molecule has 0 aromatic heterocycles. The molecule has 2 rings (SSSR count). The zero-order chi connectivity index (χ0) is 14.9. The average Bonchev–Trinajstić information content (AvgIpc) is 2.40. The third-order valence-corrected chi connectivity index (χ3v) is 4.91. The molecule has 0 nitrogen and oxygen atoms in total. The number of hydrogen-bond acceptors (Lipinski definition) is 0. The molecule has 3 heteroatoms. The monoisotopic (exact) mass is 398 g/mol. The highest BCUT2D eigenvalue weighted by Crippen LogP contribution is 2.38. The van der Waals surface area contributed by atoms with Gasteiger partial charge in [0.25, 0.3) is 0 Å². The summed E-state index contributed by atoms with van der Waals surface area (Å²) in [5.41, 5.74) is 3.62. The molecular formula is C17H17Br2F. The van der Waals surface area contributed by atoms with Crippen LogP contribution in [-0.4, -0.2) is 0 Å². The summed E-state index contributed by atoms with van der Waals surface area (Å²) in [6.45, 7) is 6.60. The number of benzene rings is 2. The third-order valence-electron chi connectivity index (χ3n) is 3.28. The molecule has 1 unspecified atom stereocenters. The number of alkyl halides is 1. The van der Waals surface area contributed by atoms with Gasteiger partial charge in [-0.2, -0.15) is 0 Å². The lowest BCUT2D eigenvalue weighted by molar-refractivity contribution is 0.583.